The Morgan fingerprint density at radius 2 is 1.77 bits per heavy atom. The van der Waals surface area contributed by atoms with Gasteiger partial charge in [0, 0.05) is 43.3 Å². The van der Waals surface area contributed by atoms with Crippen LogP contribution in [-0.2, 0) is 0 Å². The Hall–Kier alpha value is -3.53. The van der Waals surface area contributed by atoms with Crippen LogP contribution in [0.3, 0.4) is 0 Å². The van der Waals surface area contributed by atoms with E-state index in [2.05, 4.69) is 10.3 Å². The maximum Gasteiger partial charge on any atom is 0.289 e. The summed E-state index contributed by atoms with van der Waals surface area (Å²) in [5.41, 5.74) is 1.19. The summed E-state index contributed by atoms with van der Waals surface area (Å²) in [6.07, 6.45) is 1.48. The zero-order valence-electron chi connectivity index (χ0n) is 15.9. The standard InChI is InChI=1S/C20H18N4O5S/c25-18(23-5-7-24(8-6-23)19(26)16-2-1-9-27-16)14-11-30-20(22-14)21-13-3-4-15-17(10-13)29-12-28-15/h1-4,9-11H,5-8,12H2,(H,21,22). The van der Waals surface area contributed by atoms with Crippen molar-refractivity contribution in [3.05, 3.63) is 53.4 Å². The smallest absolute Gasteiger partial charge is 0.289 e. The summed E-state index contributed by atoms with van der Waals surface area (Å²) >= 11 is 1.35. The average molecular weight is 426 g/mol. The molecule has 9 nitrogen and oxygen atoms in total. The normalized spacial score (nSPS) is 15.3. The molecule has 2 aliphatic rings. The minimum Gasteiger partial charge on any atom is -0.459 e. The Balaban J connectivity index is 1.19. The van der Waals surface area contributed by atoms with Gasteiger partial charge in [-0.2, -0.15) is 0 Å². The van der Waals surface area contributed by atoms with Gasteiger partial charge in [0.05, 0.1) is 6.26 Å². The molecule has 1 aromatic carbocycles. The van der Waals surface area contributed by atoms with E-state index in [1.54, 1.807) is 27.3 Å². The number of hydrogen-bond acceptors (Lipinski definition) is 8. The number of rotatable bonds is 4. The summed E-state index contributed by atoms with van der Waals surface area (Å²) in [6, 6.07) is 8.86. The number of benzene rings is 1. The third-order valence-corrected chi connectivity index (χ3v) is 5.69. The van der Waals surface area contributed by atoms with Gasteiger partial charge in [0.25, 0.3) is 11.8 Å². The highest BCUT2D eigenvalue weighted by atomic mass is 32.1. The lowest BCUT2D eigenvalue weighted by atomic mass is 10.2. The molecule has 0 spiro atoms. The van der Waals surface area contributed by atoms with Crippen LogP contribution in [0.1, 0.15) is 21.0 Å². The van der Waals surface area contributed by atoms with Crippen molar-refractivity contribution in [3.8, 4) is 11.5 Å². The van der Waals surface area contributed by atoms with Gasteiger partial charge < -0.3 is 29.0 Å². The van der Waals surface area contributed by atoms with Crippen LogP contribution in [0.2, 0.25) is 0 Å². The molecule has 3 aromatic rings. The number of nitrogens with one attached hydrogen (secondary N) is 1. The number of thiazole rings is 1. The second-order valence-electron chi connectivity index (χ2n) is 6.79. The van der Waals surface area contributed by atoms with Gasteiger partial charge in [-0.05, 0) is 24.3 Å². The molecule has 0 atom stereocenters. The Labute approximate surface area is 175 Å². The summed E-state index contributed by atoms with van der Waals surface area (Å²) in [7, 11) is 0. The van der Waals surface area contributed by atoms with Crippen molar-refractivity contribution in [1.29, 1.82) is 0 Å². The molecule has 0 bridgehead atoms. The van der Waals surface area contributed by atoms with Gasteiger partial charge in [-0.3, -0.25) is 9.59 Å². The molecular weight excluding hydrogens is 408 g/mol. The number of aromatic nitrogens is 1. The van der Waals surface area contributed by atoms with Crippen molar-refractivity contribution in [2.45, 2.75) is 0 Å². The summed E-state index contributed by atoms with van der Waals surface area (Å²) < 4.78 is 15.8. The van der Waals surface area contributed by atoms with E-state index >= 15 is 0 Å². The predicted octanol–water partition coefficient (Wildman–Crippen LogP) is 2.81. The molecule has 2 amide bonds. The van der Waals surface area contributed by atoms with Crippen LogP contribution in [0, 0.1) is 0 Å². The Bertz CT molecular complexity index is 1070. The Kier molecular flexibility index (Phi) is 4.75. The first-order valence-corrected chi connectivity index (χ1v) is 10.3. The maximum absolute atomic E-state index is 12.8. The number of hydrogen-bond donors (Lipinski definition) is 1. The minimum absolute atomic E-state index is 0.143. The SMILES string of the molecule is O=C(c1csc(Nc2ccc3c(c2)OCO3)n1)N1CCN(C(=O)c2ccco2)CC1. The van der Waals surface area contributed by atoms with Crippen LogP contribution < -0.4 is 14.8 Å². The number of anilines is 2. The van der Waals surface area contributed by atoms with Crippen LogP contribution in [0.15, 0.2) is 46.4 Å². The maximum atomic E-state index is 12.8. The summed E-state index contributed by atoms with van der Waals surface area (Å²) in [6.45, 7) is 2.03. The number of fused-ring (bicyclic) bond motifs is 1. The molecule has 154 valence electrons. The molecule has 5 rings (SSSR count). The van der Waals surface area contributed by atoms with Crippen molar-refractivity contribution in [1.82, 2.24) is 14.8 Å². The highest BCUT2D eigenvalue weighted by molar-refractivity contribution is 7.14. The molecule has 2 aromatic heterocycles. The number of furan rings is 1. The van der Waals surface area contributed by atoms with Crippen LogP contribution in [0.4, 0.5) is 10.8 Å². The van der Waals surface area contributed by atoms with Crippen molar-refractivity contribution in [3.63, 3.8) is 0 Å². The van der Waals surface area contributed by atoms with Gasteiger partial charge in [-0.25, -0.2) is 4.98 Å². The average Bonchev–Trinajstić information content (AvgIpc) is 3.54. The first-order chi connectivity index (χ1) is 14.7. The largest absolute Gasteiger partial charge is 0.459 e. The number of carbonyl (C=O) groups excluding carboxylic acids is 2. The molecule has 0 unspecified atom stereocenters. The fourth-order valence-corrected chi connectivity index (χ4v) is 4.06. The van der Waals surface area contributed by atoms with E-state index < -0.39 is 0 Å². The number of amides is 2. The molecule has 4 heterocycles. The van der Waals surface area contributed by atoms with E-state index in [4.69, 9.17) is 13.9 Å². The summed E-state index contributed by atoms with van der Waals surface area (Å²) in [5, 5.41) is 5.54. The summed E-state index contributed by atoms with van der Waals surface area (Å²) in [4.78, 5) is 33.0. The lowest BCUT2D eigenvalue weighted by Gasteiger charge is -2.33. The third-order valence-electron chi connectivity index (χ3n) is 4.93. The topological polar surface area (TPSA) is 97.1 Å². The van der Waals surface area contributed by atoms with Crippen molar-refractivity contribution >= 4 is 34.0 Å². The van der Waals surface area contributed by atoms with Gasteiger partial charge in [-0.1, -0.05) is 0 Å². The molecule has 30 heavy (non-hydrogen) atoms. The molecule has 1 saturated heterocycles. The van der Waals surface area contributed by atoms with Crippen LogP contribution in [-0.4, -0.2) is 59.6 Å². The molecule has 0 radical (unpaired) electrons. The van der Waals surface area contributed by atoms with Crippen molar-refractivity contribution in [2.75, 3.05) is 38.3 Å². The van der Waals surface area contributed by atoms with E-state index in [1.165, 1.54) is 17.6 Å². The van der Waals surface area contributed by atoms with Gasteiger partial charge in [0.1, 0.15) is 5.69 Å². The first-order valence-electron chi connectivity index (χ1n) is 9.41. The second-order valence-corrected chi connectivity index (χ2v) is 7.65. The van der Waals surface area contributed by atoms with E-state index in [9.17, 15) is 9.59 Å². The Morgan fingerprint density at radius 1 is 1.00 bits per heavy atom. The van der Waals surface area contributed by atoms with Crippen LogP contribution in [0.5, 0.6) is 11.5 Å². The second kappa shape index (κ2) is 7.71. The van der Waals surface area contributed by atoms with Gasteiger partial charge >= 0.3 is 0 Å². The predicted molar refractivity (Wildman–Crippen MR) is 108 cm³/mol. The fourth-order valence-electron chi connectivity index (χ4n) is 3.36. The monoisotopic (exact) mass is 426 g/mol. The zero-order valence-corrected chi connectivity index (χ0v) is 16.7. The first kappa shape index (κ1) is 18.5. The molecular formula is C20H18N4O5S. The third kappa shape index (κ3) is 3.57. The summed E-state index contributed by atoms with van der Waals surface area (Å²) in [5.74, 6) is 1.40. The fraction of sp³-hybridized carbons (Fsp3) is 0.250. The minimum atomic E-state index is -0.157. The lowest BCUT2D eigenvalue weighted by Crippen LogP contribution is -2.50. The highest BCUT2D eigenvalue weighted by Crippen LogP contribution is 2.35. The van der Waals surface area contributed by atoms with E-state index in [0.717, 1.165) is 5.69 Å². The molecule has 1 N–H and O–H groups in total. The lowest BCUT2D eigenvalue weighted by molar-refractivity contribution is 0.0515. The molecule has 0 saturated carbocycles. The molecule has 10 heteroatoms. The van der Waals surface area contributed by atoms with Gasteiger partial charge in [0.15, 0.2) is 22.4 Å². The van der Waals surface area contributed by atoms with Gasteiger partial charge in [-0.15, -0.1) is 11.3 Å². The number of nitrogens with zero attached hydrogens (tertiary/aromatic N) is 3. The van der Waals surface area contributed by atoms with E-state index in [-0.39, 0.29) is 18.6 Å². The highest BCUT2D eigenvalue weighted by Gasteiger charge is 2.27. The molecule has 2 aliphatic heterocycles. The van der Waals surface area contributed by atoms with Crippen LogP contribution >= 0.6 is 11.3 Å². The van der Waals surface area contributed by atoms with E-state index in [0.29, 0.717) is 54.3 Å². The van der Waals surface area contributed by atoms with Gasteiger partial charge in [0.2, 0.25) is 6.79 Å². The van der Waals surface area contributed by atoms with Crippen LogP contribution in [0.25, 0.3) is 0 Å². The number of piperazine rings is 1. The Morgan fingerprint density at radius 3 is 2.53 bits per heavy atom. The zero-order chi connectivity index (χ0) is 20.5. The molecule has 0 aliphatic carbocycles. The van der Waals surface area contributed by atoms with E-state index in [1.807, 2.05) is 18.2 Å². The molecule has 1 fully saturated rings. The quantitative estimate of drug-likeness (QED) is 0.685. The number of carbonyl (C=O) groups is 2. The van der Waals surface area contributed by atoms with Crippen molar-refractivity contribution in [2.24, 2.45) is 0 Å². The number of ether oxygens (including phenoxy) is 2. The van der Waals surface area contributed by atoms with Crippen molar-refractivity contribution < 1.29 is 23.5 Å².